The molecule has 1 aromatic heterocycles. The van der Waals surface area contributed by atoms with Gasteiger partial charge in [0.2, 0.25) is 0 Å². The van der Waals surface area contributed by atoms with Crippen molar-refractivity contribution >= 4 is 62.5 Å². The predicted octanol–water partition coefficient (Wildman–Crippen LogP) is 14.5. The molecular formula is C60H55BN2O. The van der Waals surface area contributed by atoms with Crippen molar-refractivity contribution in [1.82, 2.24) is 0 Å². The summed E-state index contributed by atoms with van der Waals surface area (Å²) in [6, 6.07) is 47.4. The Bertz CT molecular complexity index is 3450. The number of fused-ring (bicyclic) bond motifs is 17. The van der Waals surface area contributed by atoms with Crippen molar-refractivity contribution in [1.29, 1.82) is 0 Å². The fraction of sp³-hybridized carbons (Fsp3) is 0.300. The average molecular weight is 831 g/mol. The van der Waals surface area contributed by atoms with E-state index in [0.29, 0.717) is 0 Å². The van der Waals surface area contributed by atoms with E-state index >= 15 is 0 Å². The average Bonchev–Trinajstić information content (AvgIpc) is 3.91. The van der Waals surface area contributed by atoms with E-state index in [-0.39, 0.29) is 34.0 Å². The summed E-state index contributed by atoms with van der Waals surface area (Å²) >= 11 is 0. The first-order valence-corrected chi connectivity index (χ1v) is 23.9. The molecule has 14 rings (SSSR count). The minimum Gasteiger partial charge on any atom is -0.454 e. The molecule has 314 valence electrons. The van der Waals surface area contributed by atoms with Gasteiger partial charge in [-0.05, 0) is 134 Å². The maximum atomic E-state index is 7.27. The van der Waals surface area contributed by atoms with E-state index in [9.17, 15) is 0 Å². The monoisotopic (exact) mass is 830 g/mol. The molecule has 1 saturated carbocycles. The second-order valence-corrected chi connectivity index (χ2v) is 22.8. The van der Waals surface area contributed by atoms with Crippen LogP contribution >= 0.6 is 0 Å². The van der Waals surface area contributed by atoms with E-state index < -0.39 is 0 Å². The minimum absolute atomic E-state index is 0.0381. The molecule has 4 heterocycles. The zero-order valence-corrected chi connectivity index (χ0v) is 38.8. The van der Waals surface area contributed by atoms with Gasteiger partial charge in [0.05, 0.1) is 11.2 Å². The van der Waals surface area contributed by atoms with Crippen molar-refractivity contribution in [2.24, 2.45) is 0 Å². The molecule has 7 aromatic carbocycles. The Kier molecular flexibility index (Phi) is 6.79. The lowest BCUT2D eigenvalue weighted by atomic mass is 9.43. The first kappa shape index (κ1) is 37.4. The molecule has 8 aromatic rings. The van der Waals surface area contributed by atoms with Gasteiger partial charge >= 0.3 is 6.85 Å². The quantitative estimate of drug-likeness (QED) is 0.154. The molecule has 2 atom stereocenters. The third-order valence-electron chi connectivity index (χ3n) is 17.9. The number of para-hydroxylation sites is 1. The van der Waals surface area contributed by atoms with Gasteiger partial charge in [-0.1, -0.05) is 153 Å². The van der Waals surface area contributed by atoms with Crippen molar-refractivity contribution in [2.75, 3.05) is 9.71 Å². The topological polar surface area (TPSA) is 19.6 Å². The lowest BCUT2D eigenvalue weighted by Gasteiger charge is -2.53. The van der Waals surface area contributed by atoms with Gasteiger partial charge in [0.15, 0.2) is 5.58 Å². The molecule has 0 N–H and O–H groups in total. The highest BCUT2D eigenvalue weighted by Crippen LogP contribution is 2.64. The Morgan fingerprint density at radius 2 is 1.20 bits per heavy atom. The highest BCUT2D eigenvalue weighted by molar-refractivity contribution is 6.94. The van der Waals surface area contributed by atoms with Gasteiger partial charge in [-0.2, -0.15) is 0 Å². The highest BCUT2D eigenvalue weighted by atomic mass is 16.3. The fourth-order valence-electron chi connectivity index (χ4n) is 14.3. The summed E-state index contributed by atoms with van der Waals surface area (Å²) in [5.74, 6) is 0. The van der Waals surface area contributed by atoms with Crippen LogP contribution in [0.5, 0.6) is 0 Å². The van der Waals surface area contributed by atoms with Gasteiger partial charge in [-0.3, -0.25) is 0 Å². The summed E-state index contributed by atoms with van der Waals surface area (Å²) in [6.07, 6.45) is 4.79. The summed E-state index contributed by atoms with van der Waals surface area (Å²) in [5.41, 5.74) is 26.2. The number of furan rings is 1. The SMILES string of the molecule is CC(C)(C)c1cc2c3c(c1)C1(C)CCCCC1(C)N3c1c3c(cc4c1oc1ccccc14)-c1cc4c(cc1N(c1ccc5c(c1)C(C)(C)c1ccccc1-5)B23)C(C)(C)c1ccccc1-4. The van der Waals surface area contributed by atoms with E-state index in [2.05, 4.69) is 193 Å². The molecular weight excluding hydrogens is 775 g/mol. The van der Waals surface area contributed by atoms with Crippen LogP contribution in [0, 0.1) is 0 Å². The maximum absolute atomic E-state index is 7.27. The molecule has 3 nitrogen and oxygen atoms in total. The van der Waals surface area contributed by atoms with Gasteiger partial charge < -0.3 is 14.1 Å². The molecule has 0 saturated heterocycles. The summed E-state index contributed by atoms with van der Waals surface area (Å²) < 4.78 is 7.27. The Labute approximate surface area is 378 Å². The number of nitrogens with zero attached hydrogens (tertiary/aromatic N) is 2. The first-order chi connectivity index (χ1) is 30.6. The first-order valence-electron chi connectivity index (χ1n) is 23.9. The lowest BCUT2D eigenvalue weighted by molar-refractivity contribution is 0.195. The molecule has 4 heteroatoms. The molecule has 0 spiro atoms. The van der Waals surface area contributed by atoms with Gasteiger partial charge in [0, 0.05) is 49.6 Å². The van der Waals surface area contributed by atoms with Crippen LogP contribution in [-0.2, 0) is 21.7 Å². The molecule has 0 radical (unpaired) electrons. The number of hydrogen-bond acceptors (Lipinski definition) is 3. The van der Waals surface area contributed by atoms with Crippen LogP contribution in [0.2, 0.25) is 0 Å². The van der Waals surface area contributed by atoms with Crippen LogP contribution in [0.3, 0.4) is 0 Å². The number of rotatable bonds is 1. The summed E-state index contributed by atoms with van der Waals surface area (Å²) in [7, 11) is 0. The van der Waals surface area contributed by atoms with Crippen LogP contribution in [0.15, 0.2) is 126 Å². The van der Waals surface area contributed by atoms with E-state index in [1.165, 1.54) is 130 Å². The third kappa shape index (κ3) is 4.24. The number of anilines is 4. The Balaban J connectivity index is 1.17. The van der Waals surface area contributed by atoms with Gasteiger partial charge in [0.25, 0.3) is 0 Å². The van der Waals surface area contributed by atoms with Crippen molar-refractivity contribution in [2.45, 2.75) is 115 Å². The zero-order chi connectivity index (χ0) is 43.6. The van der Waals surface area contributed by atoms with Crippen LogP contribution in [-0.4, -0.2) is 12.4 Å². The number of hydrogen-bond donors (Lipinski definition) is 0. The third-order valence-corrected chi connectivity index (χ3v) is 17.9. The predicted molar refractivity (Wildman–Crippen MR) is 269 cm³/mol. The van der Waals surface area contributed by atoms with Crippen molar-refractivity contribution in [3.8, 4) is 33.4 Å². The second kappa shape index (κ2) is 11.6. The lowest BCUT2D eigenvalue weighted by Crippen LogP contribution is -2.64. The zero-order valence-electron chi connectivity index (χ0n) is 38.8. The summed E-state index contributed by atoms with van der Waals surface area (Å²) in [6.45, 7) is 22.1. The van der Waals surface area contributed by atoms with Crippen LogP contribution in [0.1, 0.15) is 121 Å². The molecule has 6 aliphatic rings. The number of benzene rings is 7. The molecule has 64 heavy (non-hydrogen) atoms. The summed E-state index contributed by atoms with van der Waals surface area (Å²) in [5, 5.41) is 2.40. The smallest absolute Gasteiger partial charge is 0.333 e. The maximum Gasteiger partial charge on any atom is 0.333 e. The molecule has 3 aliphatic carbocycles. The Morgan fingerprint density at radius 3 is 1.95 bits per heavy atom. The van der Waals surface area contributed by atoms with Gasteiger partial charge in [-0.15, -0.1) is 0 Å². The highest BCUT2D eigenvalue weighted by Gasteiger charge is 2.63. The minimum atomic E-state index is -0.153. The second-order valence-electron chi connectivity index (χ2n) is 22.8. The molecule has 2 unspecified atom stereocenters. The molecule has 0 bridgehead atoms. The van der Waals surface area contributed by atoms with Gasteiger partial charge in [-0.25, -0.2) is 0 Å². The fourth-order valence-corrected chi connectivity index (χ4v) is 14.3. The van der Waals surface area contributed by atoms with Crippen LogP contribution in [0.4, 0.5) is 22.7 Å². The van der Waals surface area contributed by atoms with Gasteiger partial charge in [0.1, 0.15) is 5.58 Å². The van der Waals surface area contributed by atoms with E-state index in [4.69, 9.17) is 4.42 Å². The molecule has 1 fully saturated rings. The standard InChI is InChI=1S/C60H55BN2O/c1-56(2,3)34-28-48-53-49(29-34)61-52-42(32-43-39-20-12-15-23-51(39)64-55(43)54(52)62(53)60(9)27-17-16-26-59(48,60)8)41-31-40-37-19-11-14-22-45(37)58(6,7)47(40)33-50(41)63(61)35-24-25-38-36-18-10-13-21-44(36)57(4,5)46(38)30-35/h10-15,18-25,28-33H,16-17,26-27H2,1-9H3. The van der Waals surface area contributed by atoms with E-state index in [1.807, 2.05) is 0 Å². The molecule has 3 aliphatic heterocycles. The summed E-state index contributed by atoms with van der Waals surface area (Å²) in [4.78, 5) is 5.65. The van der Waals surface area contributed by atoms with E-state index in [0.717, 1.165) is 17.6 Å². The van der Waals surface area contributed by atoms with Crippen molar-refractivity contribution in [3.05, 3.63) is 155 Å². The van der Waals surface area contributed by atoms with Crippen LogP contribution < -0.4 is 20.6 Å². The largest absolute Gasteiger partial charge is 0.454 e. The van der Waals surface area contributed by atoms with Crippen LogP contribution in [0.25, 0.3) is 55.3 Å². The van der Waals surface area contributed by atoms with Crippen molar-refractivity contribution in [3.63, 3.8) is 0 Å². The Morgan fingerprint density at radius 1 is 0.547 bits per heavy atom. The van der Waals surface area contributed by atoms with E-state index in [1.54, 1.807) is 0 Å². The Hall–Kier alpha value is -6.00. The molecule has 0 amide bonds. The normalized spacial score (nSPS) is 22.2. The van der Waals surface area contributed by atoms with Crippen molar-refractivity contribution < 1.29 is 4.42 Å².